The number of nitrogens with zero attached hydrogens (tertiary/aromatic N) is 3. The Labute approximate surface area is 182 Å². The maximum atomic E-state index is 12.4. The predicted molar refractivity (Wildman–Crippen MR) is 122 cm³/mol. The van der Waals surface area contributed by atoms with Crippen LogP contribution < -0.4 is 15.4 Å². The van der Waals surface area contributed by atoms with Crippen molar-refractivity contribution in [3.63, 3.8) is 0 Å². The summed E-state index contributed by atoms with van der Waals surface area (Å²) in [7, 11) is 0. The van der Waals surface area contributed by atoms with Gasteiger partial charge in [-0.15, -0.1) is 11.3 Å². The summed E-state index contributed by atoms with van der Waals surface area (Å²) >= 11 is 1.58. The van der Waals surface area contributed by atoms with Crippen LogP contribution in [0.25, 0.3) is 16.0 Å². The van der Waals surface area contributed by atoms with Gasteiger partial charge in [0.15, 0.2) is 5.82 Å². The number of carbonyl (C=O) groups excluding carboxylic acids is 1. The van der Waals surface area contributed by atoms with E-state index in [4.69, 9.17) is 4.74 Å². The van der Waals surface area contributed by atoms with Crippen LogP contribution in [0.15, 0.2) is 90.8 Å². The summed E-state index contributed by atoms with van der Waals surface area (Å²) in [5.41, 5.74) is 2.22. The Kier molecular flexibility index (Phi) is 5.04. The largest absolute Gasteiger partial charge is 0.457 e. The average Bonchev–Trinajstić information content (AvgIpc) is 3.45. The van der Waals surface area contributed by atoms with Gasteiger partial charge in [-0.3, -0.25) is 0 Å². The maximum absolute atomic E-state index is 12.4. The van der Waals surface area contributed by atoms with E-state index in [0.717, 1.165) is 21.8 Å². The molecule has 2 amide bonds. The van der Waals surface area contributed by atoms with Crippen molar-refractivity contribution in [1.82, 2.24) is 14.5 Å². The van der Waals surface area contributed by atoms with Gasteiger partial charge >= 0.3 is 6.03 Å². The van der Waals surface area contributed by atoms with Crippen molar-refractivity contribution in [2.75, 3.05) is 10.6 Å². The van der Waals surface area contributed by atoms with E-state index < -0.39 is 0 Å². The molecule has 31 heavy (non-hydrogen) atoms. The fraction of sp³-hybridized carbons (Fsp3) is 0. The number of hydrogen-bond donors (Lipinski definition) is 2. The molecule has 0 unspecified atom stereocenters. The smallest absolute Gasteiger partial charge is 0.323 e. The number of fused-ring (bicyclic) bond motifs is 1. The quantitative estimate of drug-likeness (QED) is 0.365. The van der Waals surface area contributed by atoms with Crippen molar-refractivity contribution in [1.29, 1.82) is 0 Å². The summed E-state index contributed by atoms with van der Waals surface area (Å²) in [6, 6.07) is 20.2. The fourth-order valence-electron chi connectivity index (χ4n) is 3.09. The molecule has 7 nitrogen and oxygen atoms in total. The van der Waals surface area contributed by atoms with E-state index in [1.54, 1.807) is 35.6 Å². The first kappa shape index (κ1) is 18.8. The van der Waals surface area contributed by atoms with Gasteiger partial charge in [-0.25, -0.2) is 14.8 Å². The molecule has 0 bridgehead atoms. The summed E-state index contributed by atoms with van der Waals surface area (Å²) in [4.78, 5) is 21.0. The van der Waals surface area contributed by atoms with Crippen LogP contribution in [0.5, 0.6) is 11.5 Å². The minimum Gasteiger partial charge on any atom is -0.457 e. The number of carbonyl (C=O) groups is 1. The van der Waals surface area contributed by atoms with Gasteiger partial charge in [0.05, 0.1) is 15.9 Å². The van der Waals surface area contributed by atoms with Crippen molar-refractivity contribution in [2.45, 2.75) is 0 Å². The molecular weight excluding hydrogens is 410 g/mol. The van der Waals surface area contributed by atoms with Gasteiger partial charge < -0.3 is 19.9 Å². The van der Waals surface area contributed by atoms with Crippen LogP contribution >= 0.6 is 11.3 Å². The molecule has 3 aromatic heterocycles. The first-order valence-corrected chi connectivity index (χ1v) is 10.4. The highest BCUT2D eigenvalue weighted by atomic mass is 32.1. The number of anilines is 2. The number of nitrogens with one attached hydrogen (secondary N) is 2. The van der Waals surface area contributed by atoms with Crippen LogP contribution in [-0.4, -0.2) is 20.6 Å². The second-order valence-electron chi connectivity index (χ2n) is 6.66. The lowest BCUT2D eigenvalue weighted by molar-refractivity contribution is 0.262. The van der Waals surface area contributed by atoms with Gasteiger partial charge in [0.25, 0.3) is 0 Å². The second-order valence-corrected chi connectivity index (χ2v) is 7.57. The fourth-order valence-corrected chi connectivity index (χ4v) is 3.92. The number of benzene rings is 2. The zero-order chi connectivity index (χ0) is 21.0. The molecule has 2 N–H and O–H groups in total. The van der Waals surface area contributed by atoms with Crippen LogP contribution in [0.3, 0.4) is 0 Å². The molecule has 0 aliphatic carbocycles. The first-order valence-electron chi connectivity index (χ1n) is 9.52. The van der Waals surface area contributed by atoms with Crippen molar-refractivity contribution >= 4 is 39.0 Å². The SMILES string of the molecule is O=C(Nc1ccc(Oc2ccccc2)cc1)Nc1ccn(-c2ncnc3ccsc23)c1. The topological polar surface area (TPSA) is 81.1 Å². The molecule has 2 aromatic carbocycles. The molecular formula is C23H17N5O2S. The third kappa shape index (κ3) is 4.24. The lowest BCUT2D eigenvalue weighted by Crippen LogP contribution is -2.19. The standard InChI is InChI=1S/C23H17N5O2S/c29-23(26-16-6-8-19(9-7-16)30-18-4-2-1-3-5-18)27-17-10-12-28(14-17)22-21-20(11-13-31-21)24-15-25-22/h1-15H,(H2,26,27,29). The molecule has 3 heterocycles. The normalized spacial score (nSPS) is 10.7. The number of rotatable bonds is 5. The summed E-state index contributed by atoms with van der Waals surface area (Å²) < 4.78 is 8.62. The molecule has 0 atom stereocenters. The Morgan fingerprint density at radius 2 is 1.65 bits per heavy atom. The molecule has 0 saturated heterocycles. The number of hydrogen-bond acceptors (Lipinski definition) is 5. The minimum absolute atomic E-state index is 0.335. The highest BCUT2D eigenvalue weighted by molar-refractivity contribution is 7.17. The third-order valence-corrected chi connectivity index (χ3v) is 5.41. The van der Waals surface area contributed by atoms with Gasteiger partial charge in [-0.1, -0.05) is 18.2 Å². The van der Waals surface area contributed by atoms with Crippen LogP contribution in [0.4, 0.5) is 16.2 Å². The first-order chi connectivity index (χ1) is 15.2. The molecule has 0 radical (unpaired) electrons. The molecule has 5 rings (SSSR count). The molecule has 0 aliphatic rings. The van der Waals surface area contributed by atoms with Crippen LogP contribution in [0.1, 0.15) is 0 Å². The number of urea groups is 1. The average molecular weight is 427 g/mol. The molecule has 0 spiro atoms. The van der Waals surface area contributed by atoms with E-state index in [-0.39, 0.29) is 6.03 Å². The Balaban J connectivity index is 1.23. The summed E-state index contributed by atoms with van der Waals surface area (Å²) in [5, 5.41) is 7.63. The Bertz CT molecular complexity index is 1330. The van der Waals surface area contributed by atoms with Gasteiger partial charge in [-0.05, 0) is 53.9 Å². The lowest BCUT2D eigenvalue weighted by Gasteiger charge is -2.08. The van der Waals surface area contributed by atoms with Gasteiger partial charge in [0, 0.05) is 18.1 Å². The van der Waals surface area contributed by atoms with E-state index in [1.165, 1.54) is 6.33 Å². The number of para-hydroxylation sites is 1. The summed E-state index contributed by atoms with van der Waals surface area (Å²) in [5.74, 6) is 2.23. The third-order valence-electron chi connectivity index (χ3n) is 4.51. The highest BCUT2D eigenvalue weighted by Gasteiger charge is 2.09. The van der Waals surface area contributed by atoms with Gasteiger partial charge in [0.1, 0.15) is 17.8 Å². The van der Waals surface area contributed by atoms with Crippen molar-refractivity contribution in [3.8, 4) is 17.3 Å². The molecule has 152 valence electrons. The van der Waals surface area contributed by atoms with E-state index in [9.17, 15) is 4.79 Å². The molecule has 0 fully saturated rings. The Hall–Kier alpha value is -4.17. The lowest BCUT2D eigenvalue weighted by atomic mass is 10.3. The van der Waals surface area contributed by atoms with E-state index in [2.05, 4.69) is 20.6 Å². The Morgan fingerprint density at radius 3 is 2.48 bits per heavy atom. The Morgan fingerprint density at radius 1 is 0.871 bits per heavy atom. The summed E-state index contributed by atoms with van der Waals surface area (Å²) in [6.45, 7) is 0. The predicted octanol–water partition coefficient (Wildman–Crippen LogP) is 5.92. The van der Waals surface area contributed by atoms with Crippen molar-refractivity contribution in [2.24, 2.45) is 0 Å². The second kappa shape index (κ2) is 8.29. The monoisotopic (exact) mass is 427 g/mol. The maximum Gasteiger partial charge on any atom is 0.323 e. The van der Waals surface area contributed by atoms with Gasteiger partial charge in [-0.2, -0.15) is 0 Å². The highest BCUT2D eigenvalue weighted by Crippen LogP contribution is 2.26. The molecule has 5 aromatic rings. The van der Waals surface area contributed by atoms with E-state index >= 15 is 0 Å². The van der Waals surface area contributed by atoms with Gasteiger partial charge in [0.2, 0.25) is 0 Å². The minimum atomic E-state index is -0.335. The van der Waals surface area contributed by atoms with Crippen LogP contribution in [-0.2, 0) is 0 Å². The number of aromatic nitrogens is 3. The van der Waals surface area contributed by atoms with Crippen LogP contribution in [0, 0.1) is 0 Å². The van der Waals surface area contributed by atoms with Crippen molar-refractivity contribution < 1.29 is 9.53 Å². The van der Waals surface area contributed by atoms with E-state index in [0.29, 0.717) is 17.1 Å². The molecule has 0 aliphatic heterocycles. The molecule has 0 saturated carbocycles. The zero-order valence-electron chi connectivity index (χ0n) is 16.2. The number of thiophene rings is 1. The van der Waals surface area contributed by atoms with E-state index in [1.807, 2.05) is 64.8 Å². The zero-order valence-corrected chi connectivity index (χ0v) is 17.0. The number of amides is 2. The summed E-state index contributed by atoms with van der Waals surface area (Å²) in [6.07, 6.45) is 5.21. The van der Waals surface area contributed by atoms with Crippen molar-refractivity contribution in [3.05, 3.63) is 90.8 Å². The number of ether oxygens (including phenoxy) is 1. The molecule has 8 heteroatoms. The van der Waals surface area contributed by atoms with Crippen LogP contribution in [0.2, 0.25) is 0 Å².